The van der Waals surface area contributed by atoms with Crippen molar-refractivity contribution in [1.29, 1.82) is 0 Å². The summed E-state index contributed by atoms with van der Waals surface area (Å²) in [5.74, 6) is 0.0481. The minimum atomic E-state index is 0.0481. The summed E-state index contributed by atoms with van der Waals surface area (Å²) in [6, 6.07) is 7.52. The molecule has 70 valence electrons. The van der Waals surface area contributed by atoms with Gasteiger partial charge in [0.05, 0.1) is 5.69 Å². The molecular formula is C8H10BrN3O. The van der Waals surface area contributed by atoms with Crippen molar-refractivity contribution in [3.63, 3.8) is 0 Å². The zero-order valence-corrected chi connectivity index (χ0v) is 8.69. The van der Waals surface area contributed by atoms with Gasteiger partial charge in [-0.25, -0.2) is 0 Å². The van der Waals surface area contributed by atoms with Crippen molar-refractivity contribution in [2.45, 2.75) is 0 Å². The molecule has 1 rings (SSSR count). The molecule has 5 heteroatoms. The molecule has 3 N–H and O–H groups in total. The summed E-state index contributed by atoms with van der Waals surface area (Å²) in [6.07, 6.45) is 0. The normalized spacial score (nSPS) is 11.4. The molecule has 0 amide bonds. The van der Waals surface area contributed by atoms with Crippen LogP contribution in [0.1, 0.15) is 0 Å². The number of para-hydroxylation sites is 1. The summed E-state index contributed by atoms with van der Waals surface area (Å²) < 4.78 is 0.893. The molecule has 0 fully saturated rings. The highest BCUT2D eigenvalue weighted by Crippen LogP contribution is 2.24. The molecule has 1 aromatic carbocycles. The van der Waals surface area contributed by atoms with E-state index in [9.17, 15) is 0 Å². The first kappa shape index (κ1) is 9.85. The van der Waals surface area contributed by atoms with Gasteiger partial charge in [-0.2, -0.15) is 0 Å². The highest BCUT2D eigenvalue weighted by atomic mass is 79.9. The van der Waals surface area contributed by atoms with E-state index in [-0.39, 0.29) is 5.96 Å². The van der Waals surface area contributed by atoms with Crippen LogP contribution in [0.15, 0.2) is 33.9 Å². The fourth-order valence-electron chi connectivity index (χ4n) is 0.914. The molecule has 0 heterocycles. The number of rotatable bonds is 1. The molecule has 0 aliphatic carbocycles. The summed E-state index contributed by atoms with van der Waals surface area (Å²) in [6.45, 7) is 0. The Morgan fingerprint density at radius 3 is 2.69 bits per heavy atom. The topological polar surface area (TPSA) is 61.8 Å². The second kappa shape index (κ2) is 4.13. The Morgan fingerprint density at radius 1 is 1.54 bits per heavy atom. The first-order chi connectivity index (χ1) is 6.16. The number of benzene rings is 1. The maximum Gasteiger partial charge on any atom is 0.237 e. The lowest BCUT2D eigenvalue weighted by Crippen LogP contribution is -2.33. The smallest absolute Gasteiger partial charge is 0.237 e. The third-order valence-corrected chi connectivity index (χ3v) is 2.33. The van der Waals surface area contributed by atoms with Gasteiger partial charge in [-0.05, 0) is 28.1 Å². The molecule has 0 aliphatic rings. The molecular weight excluding hydrogens is 234 g/mol. The molecule has 0 spiro atoms. The number of guanidine groups is 1. The summed E-state index contributed by atoms with van der Waals surface area (Å²) in [7, 11) is 1.72. The zero-order chi connectivity index (χ0) is 9.84. The molecule has 0 radical (unpaired) electrons. The van der Waals surface area contributed by atoms with Crippen LogP contribution in [-0.2, 0) is 0 Å². The number of hydrogen-bond donors (Lipinski definition) is 2. The van der Waals surface area contributed by atoms with Crippen LogP contribution < -0.4 is 10.6 Å². The third kappa shape index (κ3) is 2.12. The van der Waals surface area contributed by atoms with Crippen LogP contribution in [0.25, 0.3) is 0 Å². The highest BCUT2D eigenvalue weighted by molar-refractivity contribution is 9.10. The maximum atomic E-state index is 8.46. The van der Waals surface area contributed by atoms with Crippen molar-refractivity contribution in [2.75, 3.05) is 11.9 Å². The molecule has 0 saturated carbocycles. The van der Waals surface area contributed by atoms with Crippen LogP contribution in [0.4, 0.5) is 5.69 Å². The minimum absolute atomic E-state index is 0.0481. The average Bonchev–Trinajstić information content (AvgIpc) is 2.16. The van der Waals surface area contributed by atoms with Crippen molar-refractivity contribution in [3.05, 3.63) is 28.7 Å². The molecule has 0 unspecified atom stereocenters. The molecule has 0 aliphatic heterocycles. The summed E-state index contributed by atoms with van der Waals surface area (Å²) >= 11 is 3.36. The summed E-state index contributed by atoms with van der Waals surface area (Å²) in [5.41, 5.74) is 6.27. The van der Waals surface area contributed by atoms with E-state index in [4.69, 9.17) is 10.9 Å². The van der Waals surface area contributed by atoms with Gasteiger partial charge in [-0.3, -0.25) is 0 Å². The van der Waals surface area contributed by atoms with Crippen LogP contribution in [-0.4, -0.2) is 18.2 Å². The lowest BCUT2D eigenvalue weighted by atomic mass is 10.3. The number of hydrogen-bond acceptors (Lipinski definition) is 2. The Labute approximate surface area is 84.8 Å². The van der Waals surface area contributed by atoms with Crippen molar-refractivity contribution < 1.29 is 5.21 Å². The van der Waals surface area contributed by atoms with Crippen molar-refractivity contribution >= 4 is 27.6 Å². The molecule has 4 nitrogen and oxygen atoms in total. The van der Waals surface area contributed by atoms with Crippen LogP contribution in [0.2, 0.25) is 0 Å². The Bertz CT molecular complexity index is 327. The molecule has 0 atom stereocenters. The van der Waals surface area contributed by atoms with E-state index < -0.39 is 0 Å². The summed E-state index contributed by atoms with van der Waals surface area (Å²) in [4.78, 5) is 1.57. The third-order valence-electron chi connectivity index (χ3n) is 1.66. The van der Waals surface area contributed by atoms with E-state index in [1.54, 1.807) is 11.9 Å². The number of nitrogens with zero attached hydrogens (tertiary/aromatic N) is 2. The standard InChI is InChI=1S/C8H10BrN3O/c1-12(8(10)11-13)7-5-3-2-4-6(7)9/h2-5,13H,1H3,(H2,10,11). The molecule has 0 aromatic heterocycles. The monoisotopic (exact) mass is 243 g/mol. The van der Waals surface area contributed by atoms with E-state index in [1.165, 1.54) is 0 Å². The zero-order valence-electron chi connectivity index (χ0n) is 7.11. The van der Waals surface area contributed by atoms with Crippen LogP contribution in [0.5, 0.6) is 0 Å². The van der Waals surface area contributed by atoms with Crippen LogP contribution in [0.3, 0.4) is 0 Å². The van der Waals surface area contributed by atoms with Gasteiger partial charge in [0, 0.05) is 11.5 Å². The molecule has 13 heavy (non-hydrogen) atoms. The Hall–Kier alpha value is -1.23. The van der Waals surface area contributed by atoms with Crippen molar-refractivity contribution in [1.82, 2.24) is 0 Å². The van der Waals surface area contributed by atoms with E-state index in [2.05, 4.69) is 21.1 Å². The van der Waals surface area contributed by atoms with E-state index in [0.29, 0.717) is 0 Å². The Balaban J connectivity index is 3.02. The fourth-order valence-corrected chi connectivity index (χ4v) is 1.46. The van der Waals surface area contributed by atoms with Gasteiger partial charge in [0.2, 0.25) is 5.96 Å². The van der Waals surface area contributed by atoms with E-state index in [0.717, 1.165) is 10.2 Å². The number of nitrogens with two attached hydrogens (primary N) is 1. The quantitative estimate of drug-likeness (QED) is 0.341. The molecule has 1 aromatic rings. The maximum absolute atomic E-state index is 8.46. The second-order valence-corrected chi connectivity index (χ2v) is 3.32. The predicted molar refractivity (Wildman–Crippen MR) is 56.0 cm³/mol. The van der Waals surface area contributed by atoms with E-state index >= 15 is 0 Å². The Morgan fingerprint density at radius 2 is 2.15 bits per heavy atom. The van der Waals surface area contributed by atoms with E-state index in [1.807, 2.05) is 24.3 Å². The fraction of sp³-hybridized carbons (Fsp3) is 0.125. The first-order valence-corrected chi connectivity index (χ1v) is 4.42. The number of oxime groups is 1. The molecule has 0 saturated heterocycles. The van der Waals surface area contributed by atoms with Gasteiger partial charge < -0.3 is 15.8 Å². The van der Waals surface area contributed by atoms with Crippen molar-refractivity contribution in [2.24, 2.45) is 10.9 Å². The minimum Gasteiger partial charge on any atom is -0.408 e. The number of halogens is 1. The van der Waals surface area contributed by atoms with Crippen LogP contribution >= 0.6 is 15.9 Å². The van der Waals surface area contributed by atoms with Gasteiger partial charge in [-0.1, -0.05) is 17.3 Å². The van der Waals surface area contributed by atoms with Gasteiger partial charge in [-0.15, -0.1) is 0 Å². The van der Waals surface area contributed by atoms with Gasteiger partial charge in [0.1, 0.15) is 0 Å². The summed E-state index contributed by atoms with van der Waals surface area (Å²) in [5, 5.41) is 11.4. The predicted octanol–water partition coefficient (Wildman–Crippen LogP) is 1.59. The van der Waals surface area contributed by atoms with Gasteiger partial charge in [0.25, 0.3) is 0 Å². The largest absolute Gasteiger partial charge is 0.408 e. The molecule has 0 bridgehead atoms. The van der Waals surface area contributed by atoms with Gasteiger partial charge in [0.15, 0.2) is 0 Å². The first-order valence-electron chi connectivity index (χ1n) is 3.62. The SMILES string of the molecule is CN(/C(N)=N/O)c1ccccc1Br. The lowest BCUT2D eigenvalue weighted by Gasteiger charge is -2.17. The lowest BCUT2D eigenvalue weighted by molar-refractivity contribution is 0.317. The second-order valence-electron chi connectivity index (χ2n) is 2.47. The Kier molecular flexibility index (Phi) is 3.13. The van der Waals surface area contributed by atoms with Gasteiger partial charge >= 0.3 is 0 Å². The highest BCUT2D eigenvalue weighted by Gasteiger charge is 2.07. The van der Waals surface area contributed by atoms with Crippen molar-refractivity contribution in [3.8, 4) is 0 Å². The number of anilines is 1. The average molecular weight is 244 g/mol. The van der Waals surface area contributed by atoms with Crippen LogP contribution in [0, 0.1) is 0 Å².